The van der Waals surface area contributed by atoms with Crippen LogP contribution in [0.25, 0.3) is 0 Å². The van der Waals surface area contributed by atoms with Crippen molar-refractivity contribution in [2.45, 2.75) is 29.6 Å². The number of nitrogens with one attached hydrogen (secondary N) is 1. The fourth-order valence-corrected chi connectivity index (χ4v) is 3.67. The molecule has 1 fully saturated rings. The van der Waals surface area contributed by atoms with E-state index in [1.54, 1.807) is 44.4 Å². The number of carbonyl (C=O) groups is 2. The van der Waals surface area contributed by atoms with Crippen LogP contribution < -0.4 is 5.32 Å². The average molecular weight is 372 g/mol. The maximum atomic E-state index is 13.6. The highest BCUT2D eigenvalue weighted by Crippen LogP contribution is 2.44. The van der Waals surface area contributed by atoms with Gasteiger partial charge in [0, 0.05) is 24.7 Å². The zero-order valence-electron chi connectivity index (χ0n) is 14.8. The molecule has 0 aromatic heterocycles. The van der Waals surface area contributed by atoms with Crippen molar-refractivity contribution in [1.29, 1.82) is 0 Å². The summed E-state index contributed by atoms with van der Waals surface area (Å²) >= 11 is 1.13. The number of halogens is 1. The molecule has 136 valence electrons. The Morgan fingerprint density at radius 1 is 1.12 bits per heavy atom. The minimum Gasteiger partial charge on any atom is -0.339 e. The smallest absolute Gasteiger partial charge is 0.285 e. The van der Waals surface area contributed by atoms with Crippen LogP contribution in [0.15, 0.2) is 53.4 Å². The molecule has 0 unspecified atom stereocenters. The van der Waals surface area contributed by atoms with Gasteiger partial charge in [-0.2, -0.15) is 0 Å². The SMILES string of the molecule is CN(C)C(=O)Sc1ccc(NC(=O)C2(c3cccc(F)c3)CCC2)cc1. The third kappa shape index (κ3) is 3.75. The Kier molecular flexibility index (Phi) is 5.32. The van der Waals surface area contributed by atoms with Crippen LogP contribution in [0.1, 0.15) is 24.8 Å². The first kappa shape index (κ1) is 18.5. The number of hydrogen-bond acceptors (Lipinski definition) is 3. The van der Waals surface area contributed by atoms with Crippen molar-refractivity contribution in [3.05, 3.63) is 59.9 Å². The molecule has 1 aliphatic carbocycles. The molecule has 0 saturated heterocycles. The van der Waals surface area contributed by atoms with E-state index in [0.29, 0.717) is 18.5 Å². The van der Waals surface area contributed by atoms with Gasteiger partial charge in [-0.1, -0.05) is 18.6 Å². The van der Waals surface area contributed by atoms with Crippen LogP contribution in [0.2, 0.25) is 0 Å². The predicted octanol–water partition coefficient (Wildman–Crippen LogP) is 4.66. The molecule has 0 atom stereocenters. The molecule has 0 spiro atoms. The maximum absolute atomic E-state index is 13.6. The van der Waals surface area contributed by atoms with Gasteiger partial charge in [-0.15, -0.1) is 0 Å². The Hall–Kier alpha value is -2.34. The zero-order chi connectivity index (χ0) is 18.7. The Morgan fingerprint density at radius 2 is 1.81 bits per heavy atom. The number of amides is 2. The maximum Gasteiger partial charge on any atom is 0.285 e. The van der Waals surface area contributed by atoms with Crippen LogP contribution in [0.5, 0.6) is 0 Å². The molecule has 0 aliphatic heterocycles. The average Bonchev–Trinajstić information content (AvgIpc) is 2.55. The summed E-state index contributed by atoms with van der Waals surface area (Å²) in [5.41, 5.74) is 0.737. The monoisotopic (exact) mass is 372 g/mol. The summed E-state index contributed by atoms with van der Waals surface area (Å²) in [5.74, 6) is -0.437. The first-order valence-corrected chi connectivity index (χ1v) is 9.29. The minimum absolute atomic E-state index is 0.0543. The lowest BCUT2D eigenvalue weighted by Crippen LogP contribution is -2.46. The van der Waals surface area contributed by atoms with Gasteiger partial charge in [-0.25, -0.2) is 4.39 Å². The van der Waals surface area contributed by atoms with E-state index < -0.39 is 5.41 Å². The van der Waals surface area contributed by atoms with Crippen molar-refractivity contribution in [1.82, 2.24) is 4.90 Å². The van der Waals surface area contributed by atoms with E-state index in [9.17, 15) is 14.0 Å². The molecular weight excluding hydrogens is 351 g/mol. The summed E-state index contributed by atoms with van der Waals surface area (Å²) in [4.78, 5) is 26.9. The molecule has 0 heterocycles. The Labute approximate surface area is 156 Å². The van der Waals surface area contributed by atoms with Crippen LogP contribution in [-0.4, -0.2) is 30.1 Å². The summed E-state index contributed by atoms with van der Waals surface area (Å²) in [6, 6.07) is 13.5. The van der Waals surface area contributed by atoms with Crippen molar-refractivity contribution in [3.63, 3.8) is 0 Å². The van der Waals surface area contributed by atoms with Gasteiger partial charge in [0.15, 0.2) is 0 Å². The molecule has 26 heavy (non-hydrogen) atoms. The number of carbonyl (C=O) groups excluding carboxylic acids is 2. The number of nitrogens with zero attached hydrogens (tertiary/aromatic N) is 1. The highest BCUT2D eigenvalue weighted by molar-refractivity contribution is 8.13. The van der Waals surface area contributed by atoms with Crippen LogP contribution >= 0.6 is 11.8 Å². The first-order chi connectivity index (χ1) is 12.4. The van der Waals surface area contributed by atoms with Crippen LogP contribution in [0, 0.1) is 5.82 Å². The molecule has 2 aromatic carbocycles. The number of hydrogen-bond donors (Lipinski definition) is 1. The molecule has 3 rings (SSSR count). The Bertz CT molecular complexity index is 817. The van der Waals surface area contributed by atoms with Gasteiger partial charge in [0.25, 0.3) is 5.24 Å². The summed E-state index contributed by atoms with van der Waals surface area (Å²) < 4.78 is 13.6. The zero-order valence-corrected chi connectivity index (χ0v) is 15.6. The largest absolute Gasteiger partial charge is 0.339 e. The van der Waals surface area contributed by atoms with Gasteiger partial charge >= 0.3 is 0 Å². The van der Waals surface area contributed by atoms with Crippen LogP contribution in [0.3, 0.4) is 0 Å². The molecule has 4 nitrogen and oxygen atoms in total. The number of thioether (sulfide) groups is 1. The quantitative estimate of drug-likeness (QED) is 0.794. The highest BCUT2D eigenvalue weighted by atomic mass is 32.2. The number of rotatable bonds is 4. The lowest BCUT2D eigenvalue weighted by atomic mass is 9.63. The van der Waals surface area contributed by atoms with Crippen molar-refractivity contribution >= 4 is 28.6 Å². The Balaban J connectivity index is 1.72. The van der Waals surface area contributed by atoms with E-state index in [0.717, 1.165) is 28.6 Å². The van der Waals surface area contributed by atoms with Crippen LogP contribution in [-0.2, 0) is 10.2 Å². The third-order valence-electron chi connectivity index (χ3n) is 4.70. The standard InChI is InChI=1S/C20H21FN2O2S/c1-23(2)19(25)26-17-9-7-16(8-10-17)22-18(24)20(11-4-12-20)14-5-3-6-15(21)13-14/h3,5-10,13H,4,11-12H2,1-2H3,(H,22,24). The van der Waals surface area contributed by atoms with E-state index in [1.807, 2.05) is 6.07 Å². The van der Waals surface area contributed by atoms with E-state index in [2.05, 4.69) is 5.32 Å². The lowest BCUT2D eigenvalue weighted by molar-refractivity contribution is -0.124. The summed E-state index contributed by atoms with van der Waals surface area (Å²) in [7, 11) is 3.41. The van der Waals surface area contributed by atoms with Crippen molar-refractivity contribution in [2.24, 2.45) is 0 Å². The fourth-order valence-electron chi connectivity index (χ4n) is 3.01. The van der Waals surface area contributed by atoms with Crippen molar-refractivity contribution in [3.8, 4) is 0 Å². The second-order valence-electron chi connectivity index (χ2n) is 6.69. The van der Waals surface area contributed by atoms with Crippen molar-refractivity contribution < 1.29 is 14.0 Å². The molecule has 6 heteroatoms. The topological polar surface area (TPSA) is 49.4 Å². The highest BCUT2D eigenvalue weighted by Gasteiger charge is 2.45. The van der Waals surface area contributed by atoms with Gasteiger partial charge in [-0.05, 0) is 66.6 Å². The molecule has 1 saturated carbocycles. The molecule has 2 amide bonds. The molecule has 1 aliphatic rings. The normalized spacial score (nSPS) is 15.0. The predicted molar refractivity (Wildman–Crippen MR) is 102 cm³/mol. The van der Waals surface area contributed by atoms with Gasteiger partial charge < -0.3 is 10.2 Å². The van der Waals surface area contributed by atoms with E-state index in [4.69, 9.17) is 0 Å². The second kappa shape index (κ2) is 7.50. The summed E-state index contributed by atoms with van der Waals surface area (Å²) in [6.45, 7) is 0. The number of benzene rings is 2. The summed E-state index contributed by atoms with van der Waals surface area (Å²) in [5, 5.41) is 2.89. The third-order valence-corrected chi connectivity index (χ3v) is 5.75. The molecule has 1 N–H and O–H groups in total. The van der Waals surface area contributed by atoms with Crippen molar-refractivity contribution in [2.75, 3.05) is 19.4 Å². The number of anilines is 1. The van der Waals surface area contributed by atoms with Gasteiger partial charge in [0.1, 0.15) is 5.82 Å². The Morgan fingerprint density at radius 3 is 2.35 bits per heavy atom. The van der Waals surface area contributed by atoms with Gasteiger partial charge in [0.05, 0.1) is 5.41 Å². The molecule has 0 bridgehead atoms. The second-order valence-corrected chi connectivity index (χ2v) is 7.71. The van der Waals surface area contributed by atoms with E-state index in [1.165, 1.54) is 17.0 Å². The van der Waals surface area contributed by atoms with Gasteiger partial charge in [-0.3, -0.25) is 9.59 Å². The lowest BCUT2D eigenvalue weighted by Gasteiger charge is -2.40. The first-order valence-electron chi connectivity index (χ1n) is 8.47. The van der Waals surface area contributed by atoms with Crippen LogP contribution in [0.4, 0.5) is 14.9 Å². The minimum atomic E-state index is -0.656. The molecule has 0 radical (unpaired) electrons. The van der Waals surface area contributed by atoms with E-state index in [-0.39, 0.29) is 17.0 Å². The van der Waals surface area contributed by atoms with E-state index >= 15 is 0 Å². The van der Waals surface area contributed by atoms with Gasteiger partial charge in [0.2, 0.25) is 5.91 Å². The fraction of sp³-hybridized carbons (Fsp3) is 0.300. The summed E-state index contributed by atoms with van der Waals surface area (Å²) in [6.07, 6.45) is 2.38. The molecule has 2 aromatic rings. The molecular formula is C20H21FN2O2S.